The molecule has 21 heavy (non-hydrogen) atoms. The minimum atomic E-state index is 0.270. The van der Waals surface area contributed by atoms with Crippen LogP contribution in [0, 0.1) is 11.8 Å². The lowest BCUT2D eigenvalue weighted by atomic mass is 9.93. The molecule has 2 saturated heterocycles. The van der Waals surface area contributed by atoms with Crippen LogP contribution < -0.4 is 5.32 Å². The second-order valence-electron chi connectivity index (χ2n) is 7.04. The van der Waals surface area contributed by atoms with Gasteiger partial charge in [-0.15, -0.1) is 0 Å². The highest BCUT2D eigenvalue weighted by Crippen LogP contribution is 2.20. The zero-order valence-electron chi connectivity index (χ0n) is 13.8. The van der Waals surface area contributed by atoms with E-state index in [2.05, 4.69) is 19.2 Å². The standard InChI is InChI=1S/C17H32N2O2/c1-14(2)8-12-21-16-7-11-19(13-16)17(20)4-3-15-5-9-18-10-6-15/h14-16,18H,3-13H2,1-2H3. The Balaban J connectivity index is 1.60. The Morgan fingerprint density at radius 2 is 2.05 bits per heavy atom. The van der Waals surface area contributed by atoms with Gasteiger partial charge >= 0.3 is 0 Å². The highest BCUT2D eigenvalue weighted by Gasteiger charge is 2.27. The lowest BCUT2D eigenvalue weighted by Crippen LogP contribution is -2.32. The molecule has 2 fully saturated rings. The molecule has 0 spiro atoms. The molecule has 0 bridgehead atoms. The van der Waals surface area contributed by atoms with E-state index >= 15 is 0 Å². The summed E-state index contributed by atoms with van der Waals surface area (Å²) < 4.78 is 5.89. The van der Waals surface area contributed by atoms with Gasteiger partial charge in [-0.05, 0) is 57.0 Å². The third kappa shape index (κ3) is 5.95. The van der Waals surface area contributed by atoms with E-state index in [1.165, 1.54) is 12.8 Å². The first-order valence-electron chi connectivity index (χ1n) is 8.75. The fraction of sp³-hybridized carbons (Fsp3) is 0.941. The van der Waals surface area contributed by atoms with Crippen LogP contribution in [0.3, 0.4) is 0 Å². The van der Waals surface area contributed by atoms with Crippen molar-refractivity contribution in [3.8, 4) is 0 Å². The van der Waals surface area contributed by atoms with Crippen LogP contribution in [0.2, 0.25) is 0 Å². The van der Waals surface area contributed by atoms with Crippen molar-refractivity contribution in [1.82, 2.24) is 10.2 Å². The van der Waals surface area contributed by atoms with Gasteiger partial charge in [-0.25, -0.2) is 0 Å². The molecule has 2 aliphatic rings. The summed E-state index contributed by atoms with van der Waals surface area (Å²) in [5, 5.41) is 3.38. The summed E-state index contributed by atoms with van der Waals surface area (Å²) in [7, 11) is 0. The molecule has 4 heteroatoms. The van der Waals surface area contributed by atoms with Gasteiger partial charge in [0.25, 0.3) is 0 Å². The maximum Gasteiger partial charge on any atom is 0.222 e. The number of hydrogen-bond donors (Lipinski definition) is 1. The van der Waals surface area contributed by atoms with Crippen LogP contribution in [-0.2, 0) is 9.53 Å². The number of carbonyl (C=O) groups is 1. The van der Waals surface area contributed by atoms with E-state index in [4.69, 9.17) is 4.74 Å². The topological polar surface area (TPSA) is 41.6 Å². The van der Waals surface area contributed by atoms with Crippen molar-refractivity contribution in [3.63, 3.8) is 0 Å². The molecular weight excluding hydrogens is 264 g/mol. The van der Waals surface area contributed by atoms with Crippen molar-refractivity contribution < 1.29 is 9.53 Å². The molecule has 1 N–H and O–H groups in total. The Labute approximate surface area is 129 Å². The normalized spacial score (nSPS) is 24.0. The monoisotopic (exact) mass is 296 g/mol. The third-order valence-corrected chi connectivity index (χ3v) is 4.77. The highest BCUT2D eigenvalue weighted by molar-refractivity contribution is 5.76. The number of nitrogens with one attached hydrogen (secondary N) is 1. The number of ether oxygens (including phenoxy) is 1. The van der Waals surface area contributed by atoms with Crippen molar-refractivity contribution in [2.45, 2.75) is 58.5 Å². The van der Waals surface area contributed by atoms with Gasteiger partial charge in [-0.3, -0.25) is 4.79 Å². The summed E-state index contributed by atoms with van der Waals surface area (Å²) in [5.41, 5.74) is 0. The number of amides is 1. The number of hydrogen-bond acceptors (Lipinski definition) is 3. The lowest BCUT2D eigenvalue weighted by molar-refractivity contribution is -0.131. The maximum absolute atomic E-state index is 12.3. The molecule has 4 nitrogen and oxygen atoms in total. The van der Waals surface area contributed by atoms with Crippen molar-refractivity contribution in [2.75, 3.05) is 32.8 Å². The van der Waals surface area contributed by atoms with Crippen LogP contribution in [0.4, 0.5) is 0 Å². The summed E-state index contributed by atoms with van der Waals surface area (Å²) >= 11 is 0. The second kappa shape index (κ2) is 8.74. The van der Waals surface area contributed by atoms with Crippen LogP contribution in [0.25, 0.3) is 0 Å². The van der Waals surface area contributed by atoms with Crippen molar-refractivity contribution in [1.29, 1.82) is 0 Å². The van der Waals surface area contributed by atoms with Gasteiger partial charge in [-0.2, -0.15) is 0 Å². The summed E-state index contributed by atoms with van der Waals surface area (Å²) in [6, 6.07) is 0. The average Bonchev–Trinajstić information content (AvgIpc) is 2.94. The fourth-order valence-corrected chi connectivity index (χ4v) is 3.22. The molecule has 0 radical (unpaired) electrons. The number of likely N-dealkylation sites (tertiary alicyclic amines) is 1. The molecule has 0 saturated carbocycles. The van der Waals surface area contributed by atoms with Crippen molar-refractivity contribution >= 4 is 5.91 Å². The minimum Gasteiger partial charge on any atom is -0.376 e. The zero-order chi connectivity index (χ0) is 15.1. The third-order valence-electron chi connectivity index (χ3n) is 4.77. The largest absolute Gasteiger partial charge is 0.376 e. The summed E-state index contributed by atoms with van der Waals surface area (Å²) in [5.74, 6) is 1.77. The van der Waals surface area contributed by atoms with Gasteiger partial charge in [0, 0.05) is 26.1 Å². The Bertz CT molecular complexity index is 314. The predicted molar refractivity (Wildman–Crippen MR) is 85.2 cm³/mol. The molecule has 2 rings (SSSR count). The van der Waals surface area contributed by atoms with E-state index in [0.29, 0.717) is 11.8 Å². The summed E-state index contributed by atoms with van der Waals surface area (Å²) in [6.45, 7) is 9.20. The molecule has 1 unspecified atom stereocenters. The van der Waals surface area contributed by atoms with Crippen molar-refractivity contribution in [2.24, 2.45) is 11.8 Å². The predicted octanol–water partition coefficient (Wildman–Crippen LogP) is 2.43. The van der Waals surface area contributed by atoms with Gasteiger partial charge in [0.15, 0.2) is 0 Å². The molecule has 0 aromatic rings. The van der Waals surface area contributed by atoms with Gasteiger partial charge < -0.3 is 15.0 Å². The minimum absolute atomic E-state index is 0.270. The average molecular weight is 296 g/mol. The first-order valence-corrected chi connectivity index (χ1v) is 8.75. The fourth-order valence-electron chi connectivity index (χ4n) is 3.22. The van der Waals surface area contributed by atoms with Crippen LogP contribution in [0.1, 0.15) is 52.4 Å². The SMILES string of the molecule is CC(C)CCOC1CCN(C(=O)CCC2CCNCC2)C1. The Hall–Kier alpha value is -0.610. The van der Waals surface area contributed by atoms with Crippen LogP contribution in [0.15, 0.2) is 0 Å². The molecule has 1 atom stereocenters. The first kappa shape index (κ1) is 16.8. The van der Waals surface area contributed by atoms with Gasteiger partial charge in [0.1, 0.15) is 0 Å². The summed E-state index contributed by atoms with van der Waals surface area (Å²) in [6.07, 6.45) is 6.64. The van der Waals surface area contributed by atoms with Crippen LogP contribution in [-0.4, -0.2) is 49.7 Å². The molecule has 2 heterocycles. The van der Waals surface area contributed by atoms with Gasteiger partial charge in [-0.1, -0.05) is 13.8 Å². The smallest absolute Gasteiger partial charge is 0.222 e. The molecule has 0 aromatic heterocycles. The van der Waals surface area contributed by atoms with Crippen molar-refractivity contribution in [3.05, 3.63) is 0 Å². The number of nitrogens with zero attached hydrogens (tertiary/aromatic N) is 1. The number of carbonyl (C=O) groups excluding carboxylic acids is 1. The molecule has 1 amide bonds. The van der Waals surface area contributed by atoms with E-state index in [9.17, 15) is 4.79 Å². The first-order chi connectivity index (χ1) is 10.1. The van der Waals surface area contributed by atoms with E-state index in [1.54, 1.807) is 0 Å². The highest BCUT2D eigenvalue weighted by atomic mass is 16.5. The molecule has 122 valence electrons. The molecule has 0 aromatic carbocycles. The zero-order valence-corrected chi connectivity index (χ0v) is 13.8. The molecule has 2 aliphatic heterocycles. The number of rotatable bonds is 7. The van der Waals surface area contributed by atoms with E-state index in [0.717, 1.165) is 64.4 Å². The quantitative estimate of drug-likeness (QED) is 0.784. The molecule has 0 aliphatic carbocycles. The van der Waals surface area contributed by atoms with E-state index in [1.807, 2.05) is 4.90 Å². The van der Waals surface area contributed by atoms with Crippen LogP contribution >= 0.6 is 0 Å². The van der Waals surface area contributed by atoms with E-state index in [-0.39, 0.29) is 6.10 Å². The maximum atomic E-state index is 12.3. The Morgan fingerprint density at radius 1 is 1.29 bits per heavy atom. The van der Waals surface area contributed by atoms with Crippen LogP contribution in [0.5, 0.6) is 0 Å². The van der Waals surface area contributed by atoms with Gasteiger partial charge in [0.2, 0.25) is 5.91 Å². The Kier molecular flexibility index (Phi) is 6.97. The summed E-state index contributed by atoms with van der Waals surface area (Å²) in [4.78, 5) is 14.3. The lowest BCUT2D eigenvalue weighted by Gasteiger charge is -2.23. The van der Waals surface area contributed by atoms with Gasteiger partial charge in [0.05, 0.1) is 6.10 Å². The Morgan fingerprint density at radius 3 is 2.76 bits per heavy atom. The molecular formula is C17H32N2O2. The second-order valence-corrected chi connectivity index (χ2v) is 7.04. The number of piperidine rings is 1. The van der Waals surface area contributed by atoms with E-state index < -0.39 is 0 Å².